The molecule has 0 aromatic heterocycles. The lowest BCUT2D eigenvalue weighted by Gasteiger charge is -2.38. The Kier molecular flexibility index (Phi) is 4.71. The molecule has 0 fully saturated rings. The van der Waals surface area contributed by atoms with Gasteiger partial charge in [0.2, 0.25) is 5.91 Å². The number of hydrogen-bond donors (Lipinski definition) is 0. The van der Waals surface area contributed by atoms with Crippen LogP contribution in [-0.4, -0.2) is 11.7 Å². The number of allylic oxidation sites excluding steroid dienone is 2. The number of nitrogens with zero attached hydrogens (tertiary/aromatic N) is 1. The van der Waals surface area contributed by atoms with E-state index in [4.69, 9.17) is 11.6 Å². The van der Waals surface area contributed by atoms with E-state index in [1.807, 2.05) is 37.3 Å². The van der Waals surface area contributed by atoms with Crippen molar-refractivity contribution in [2.75, 3.05) is 4.90 Å². The predicted molar refractivity (Wildman–Crippen MR) is 121 cm³/mol. The van der Waals surface area contributed by atoms with Gasteiger partial charge in [-0.3, -0.25) is 14.5 Å². The number of halogens is 1. The van der Waals surface area contributed by atoms with E-state index in [1.165, 1.54) is 0 Å². The third-order valence-electron chi connectivity index (χ3n) is 6.26. The number of anilines is 1. The number of hydrogen-bond acceptors (Lipinski definition) is 2. The first-order valence-electron chi connectivity index (χ1n) is 10.4. The highest BCUT2D eigenvalue weighted by atomic mass is 35.5. The van der Waals surface area contributed by atoms with E-state index in [2.05, 4.69) is 30.3 Å². The molecule has 3 nitrogen and oxygen atoms in total. The SMILES string of the molecule is Cc1ccc(N2C(=O)CC(c3ccc4ccccc4c3)C3=C2CCCC3=O)cc1Cl. The molecule has 0 saturated carbocycles. The van der Waals surface area contributed by atoms with Gasteiger partial charge in [-0.1, -0.05) is 60.1 Å². The number of ketones is 1. The lowest BCUT2D eigenvalue weighted by atomic mass is 9.77. The Morgan fingerprint density at radius 1 is 0.933 bits per heavy atom. The maximum Gasteiger partial charge on any atom is 0.232 e. The summed E-state index contributed by atoms with van der Waals surface area (Å²) < 4.78 is 0. The van der Waals surface area contributed by atoms with E-state index in [0.717, 1.165) is 51.7 Å². The zero-order chi connectivity index (χ0) is 20.8. The second-order valence-electron chi connectivity index (χ2n) is 8.16. The van der Waals surface area contributed by atoms with Crippen LogP contribution in [0.15, 0.2) is 71.9 Å². The highest BCUT2D eigenvalue weighted by molar-refractivity contribution is 6.31. The van der Waals surface area contributed by atoms with Crippen molar-refractivity contribution in [3.05, 3.63) is 88.1 Å². The molecule has 1 unspecified atom stereocenters. The van der Waals surface area contributed by atoms with Crippen LogP contribution in [0.5, 0.6) is 0 Å². The molecule has 1 aliphatic carbocycles. The molecule has 3 aromatic rings. The van der Waals surface area contributed by atoms with Crippen molar-refractivity contribution >= 4 is 39.8 Å². The number of Topliss-reactive ketones (excluding diaryl/α,β-unsaturated/α-hetero) is 1. The van der Waals surface area contributed by atoms with Crippen LogP contribution < -0.4 is 4.90 Å². The molecular formula is C26H22ClNO2. The third kappa shape index (κ3) is 3.14. The Hall–Kier alpha value is -2.91. The maximum atomic E-state index is 13.3. The van der Waals surface area contributed by atoms with E-state index in [0.29, 0.717) is 11.4 Å². The van der Waals surface area contributed by atoms with Gasteiger partial charge in [-0.2, -0.15) is 0 Å². The van der Waals surface area contributed by atoms with Crippen molar-refractivity contribution in [2.24, 2.45) is 0 Å². The Labute approximate surface area is 181 Å². The van der Waals surface area contributed by atoms with Crippen LogP contribution in [0.1, 0.15) is 42.7 Å². The molecule has 2 aliphatic rings. The zero-order valence-electron chi connectivity index (χ0n) is 16.8. The van der Waals surface area contributed by atoms with Gasteiger partial charge in [-0.15, -0.1) is 0 Å². The fourth-order valence-corrected chi connectivity index (χ4v) is 4.90. The number of carbonyl (C=O) groups excluding carboxylic acids is 2. The summed E-state index contributed by atoms with van der Waals surface area (Å²) in [4.78, 5) is 28.1. The highest BCUT2D eigenvalue weighted by Gasteiger charge is 2.39. The fraction of sp³-hybridized carbons (Fsp3) is 0.231. The fourth-order valence-electron chi connectivity index (χ4n) is 4.72. The van der Waals surface area contributed by atoms with Crippen molar-refractivity contribution in [2.45, 2.75) is 38.5 Å². The molecule has 0 radical (unpaired) electrons. The molecule has 0 N–H and O–H groups in total. The van der Waals surface area contributed by atoms with Crippen LogP contribution in [-0.2, 0) is 9.59 Å². The standard InChI is InChI=1S/C26H22ClNO2/c1-16-9-12-20(14-22(16)27)28-23-7-4-8-24(29)26(23)21(15-25(28)30)19-11-10-17-5-2-3-6-18(17)13-19/h2-3,5-6,9-14,21H,4,7-8,15H2,1H3. The molecule has 1 aliphatic heterocycles. The lowest BCUT2D eigenvalue weighted by Crippen LogP contribution is -2.40. The molecule has 1 heterocycles. The largest absolute Gasteiger partial charge is 0.294 e. The first-order valence-corrected chi connectivity index (χ1v) is 10.7. The van der Waals surface area contributed by atoms with Crippen LogP contribution in [0.2, 0.25) is 5.02 Å². The van der Waals surface area contributed by atoms with Crippen LogP contribution in [0.4, 0.5) is 5.69 Å². The second kappa shape index (κ2) is 7.41. The number of carbonyl (C=O) groups is 2. The van der Waals surface area contributed by atoms with Crippen molar-refractivity contribution < 1.29 is 9.59 Å². The first-order chi connectivity index (χ1) is 14.5. The van der Waals surface area contributed by atoms with E-state index >= 15 is 0 Å². The molecule has 5 rings (SSSR count). The van der Waals surface area contributed by atoms with Gasteiger partial charge in [0, 0.05) is 35.1 Å². The lowest BCUT2D eigenvalue weighted by molar-refractivity contribution is -0.119. The minimum Gasteiger partial charge on any atom is -0.294 e. The zero-order valence-corrected chi connectivity index (χ0v) is 17.6. The smallest absolute Gasteiger partial charge is 0.232 e. The predicted octanol–water partition coefficient (Wildman–Crippen LogP) is 6.33. The number of aryl methyl sites for hydroxylation is 1. The van der Waals surface area contributed by atoms with Gasteiger partial charge in [0.15, 0.2) is 5.78 Å². The van der Waals surface area contributed by atoms with E-state index in [-0.39, 0.29) is 24.0 Å². The van der Waals surface area contributed by atoms with Crippen molar-refractivity contribution in [1.29, 1.82) is 0 Å². The van der Waals surface area contributed by atoms with Crippen molar-refractivity contribution in [3.63, 3.8) is 0 Å². The van der Waals surface area contributed by atoms with E-state index < -0.39 is 0 Å². The van der Waals surface area contributed by atoms with Gasteiger partial charge in [-0.05, 0) is 53.8 Å². The van der Waals surface area contributed by atoms with Gasteiger partial charge in [0.1, 0.15) is 0 Å². The topological polar surface area (TPSA) is 37.4 Å². The molecule has 4 heteroatoms. The summed E-state index contributed by atoms with van der Waals surface area (Å²) in [5.74, 6) is -0.0197. The summed E-state index contributed by atoms with van der Waals surface area (Å²) in [7, 11) is 0. The Bertz CT molecular complexity index is 1230. The van der Waals surface area contributed by atoms with Crippen LogP contribution >= 0.6 is 11.6 Å². The molecule has 3 aromatic carbocycles. The summed E-state index contributed by atoms with van der Waals surface area (Å²) in [6, 6.07) is 20.1. The highest BCUT2D eigenvalue weighted by Crippen LogP contribution is 2.44. The summed E-state index contributed by atoms with van der Waals surface area (Å²) in [6.07, 6.45) is 2.32. The van der Waals surface area contributed by atoms with Gasteiger partial charge >= 0.3 is 0 Å². The van der Waals surface area contributed by atoms with Gasteiger partial charge in [0.25, 0.3) is 0 Å². The van der Waals surface area contributed by atoms with Crippen LogP contribution in [0.25, 0.3) is 10.8 Å². The summed E-state index contributed by atoms with van der Waals surface area (Å²) in [6.45, 7) is 1.94. The van der Waals surface area contributed by atoms with Gasteiger partial charge < -0.3 is 0 Å². The summed E-state index contributed by atoms with van der Waals surface area (Å²) in [5, 5.41) is 2.91. The van der Waals surface area contributed by atoms with Crippen molar-refractivity contribution in [3.8, 4) is 0 Å². The molecule has 0 spiro atoms. The summed E-state index contributed by atoms with van der Waals surface area (Å²) >= 11 is 6.34. The monoisotopic (exact) mass is 415 g/mol. The van der Waals surface area contributed by atoms with E-state index in [9.17, 15) is 9.59 Å². The number of fused-ring (bicyclic) bond motifs is 1. The maximum absolute atomic E-state index is 13.3. The number of rotatable bonds is 2. The molecule has 1 amide bonds. The molecular weight excluding hydrogens is 394 g/mol. The Morgan fingerprint density at radius 2 is 1.73 bits per heavy atom. The first kappa shape index (κ1) is 19.1. The van der Waals surface area contributed by atoms with Crippen LogP contribution in [0.3, 0.4) is 0 Å². The molecule has 1 atom stereocenters. The van der Waals surface area contributed by atoms with E-state index in [1.54, 1.807) is 4.90 Å². The minimum atomic E-state index is -0.193. The normalized spacial score (nSPS) is 19.4. The second-order valence-corrected chi connectivity index (χ2v) is 8.57. The number of amides is 1. The molecule has 150 valence electrons. The Balaban J connectivity index is 1.65. The quantitative estimate of drug-likeness (QED) is 0.490. The van der Waals surface area contributed by atoms with Gasteiger partial charge in [-0.25, -0.2) is 0 Å². The van der Waals surface area contributed by atoms with Crippen LogP contribution in [0, 0.1) is 6.92 Å². The average molecular weight is 416 g/mol. The average Bonchev–Trinajstić information content (AvgIpc) is 2.75. The van der Waals surface area contributed by atoms with Gasteiger partial charge in [0.05, 0.1) is 5.69 Å². The molecule has 30 heavy (non-hydrogen) atoms. The third-order valence-corrected chi connectivity index (χ3v) is 6.67. The molecule has 0 bridgehead atoms. The Morgan fingerprint density at radius 3 is 2.53 bits per heavy atom. The van der Waals surface area contributed by atoms with Crippen molar-refractivity contribution in [1.82, 2.24) is 0 Å². The summed E-state index contributed by atoms with van der Waals surface area (Å²) in [5.41, 5.74) is 4.39. The molecule has 0 saturated heterocycles. The minimum absolute atomic E-state index is 0.0153. The number of benzene rings is 3.